The molecule has 1 aromatic heterocycles. The van der Waals surface area contributed by atoms with Crippen LogP contribution in [0.15, 0.2) is 24.3 Å². The minimum atomic E-state index is -0.567. The lowest BCUT2D eigenvalue weighted by atomic mass is 10.2. The van der Waals surface area contributed by atoms with Crippen molar-refractivity contribution in [1.82, 2.24) is 9.97 Å². The van der Waals surface area contributed by atoms with Crippen LogP contribution in [-0.2, 0) is 0 Å². The second kappa shape index (κ2) is 5.65. The van der Waals surface area contributed by atoms with E-state index in [1.54, 1.807) is 6.92 Å². The molecule has 0 aliphatic rings. The fourth-order valence-corrected chi connectivity index (χ4v) is 1.66. The summed E-state index contributed by atoms with van der Waals surface area (Å²) in [4.78, 5) is 8.06. The Balaban J connectivity index is 2.36. The van der Waals surface area contributed by atoms with E-state index in [2.05, 4.69) is 9.97 Å². The van der Waals surface area contributed by atoms with Crippen molar-refractivity contribution < 1.29 is 9.13 Å². The minimum absolute atomic E-state index is 0.137. The van der Waals surface area contributed by atoms with Crippen LogP contribution in [0.25, 0.3) is 11.4 Å². The maximum absolute atomic E-state index is 13.4. The number of ether oxygens (including phenoxy) is 1. The third-order valence-corrected chi connectivity index (χ3v) is 2.61. The van der Waals surface area contributed by atoms with Gasteiger partial charge in [-0.25, -0.2) is 14.4 Å². The van der Waals surface area contributed by atoms with Gasteiger partial charge in [-0.05, 0) is 25.5 Å². The highest BCUT2D eigenvalue weighted by Crippen LogP contribution is 2.23. The van der Waals surface area contributed by atoms with E-state index in [-0.39, 0.29) is 11.5 Å². The van der Waals surface area contributed by atoms with Crippen molar-refractivity contribution in [2.45, 2.75) is 20.3 Å². The summed E-state index contributed by atoms with van der Waals surface area (Å²) in [5.41, 5.74) is 6.51. The molecule has 0 saturated carbocycles. The van der Waals surface area contributed by atoms with Crippen molar-refractivity contribution in [3.8, 4) is 17.1 Å². The molecule has 2 rings (SSSR count). The van der Waals surface area contributed by atoms with Crippen molar-refractivity contribution in [2.75, 3.05) is 12.3 Å². The SMILES string of the molecule is CCCOc1cccc(-c2nc(C)c(F)c(N)n2)c1. The van der Waals surface area contributed by atoms with Gasteiger partial charge in [-0.1, -0.05) is 19.1 Å². The van der Waals surface area contributed by atoms with Crippen molar-refractivity contribution in [2.24, 2.45) is 0 Å². The van der Waals surface area contributed by atoms with Gasteiger partial charge in [0.1, 0.15) is 5.75 Å². The Morgan fingerprint density at radius 1 is 1.32 bits per heavy atom. The number of hydrogen-bond donors (Lipinski definition) is 1. The Bertz CT molecular complexity index is 564. The highest BCUT2D eigenvalue weighted by atomic mass is 19.1. The lowest BCUT2D eigenvalue weighted by molar-refractivity contribution is 0.317. The van der Waals surface area contributed by atoms with Crippen LogP contribution >= 0.6 is 0 Å². The zero-order chi connectivity index (χ0) is 13.8. The molecule has 19 heavy (non-hydrogen) atoms. The smallest absolute Gasteiger partial charge is 0.186 e. The molecule has 2 N–H and O–H groups in total. The lowest BCUT2D eigenvalue weighted by Gasteiger charge is -2.08. The first-order valence-corrected chi connectivity index (χ1v) is 6.14. The summed E-state index contributed by atoms with van der Waals surface area (Å²) in [5.74, 6) is 0.436. The predicted octanol–water partition coefficient (Wildman–Crippen LogP) is 2.96. The van der Waals surface area contributed by atoms with Crippen LogP contribution in [-0.4, -0.2) is 16.6 Å². The molecule has 0 atom stereocenters. The molecule has 1 aromatic carbocycles. The molecule has 0 aliphatic heterocycles. The number of halogens is 1. The molecule has 100 valence electrons. The van der Waals surface area contributed by atoms with E-state index in [4.69, 9.17) is 10.5 Å². The van der Waals surface area contributed by atoms with E-state index in [1.165, 1.54) is 0 Å². The molecule has 0 amide bonds. The molecular weight excluding hydrogens is 245 g/mol. The van der Waals surface area contributed by atoms with Gasteiger partial charge in [0.15, 0.2) is 17.5 Å². The van der Waals surface area contributed by atoms with E-state index in [1.807, 2.05) is 31.2 Å². The Hall–Kier alpha value is -2.17. The standard InChI is InChI=1S/C14H16FN3O/c1-3-7-19-11-6-4-5-10(8-11)14-17-9(2)12(15)13(16)18-14/h4-6,8H,3,7H2,1-2H3,(H2,16,17,18). The van der Waals surface area contributed by atoms with Gasteiger partial charge in [-0.3, -0.25) is 0 Å². The maximum Gasteiger partial charge on any atom is 0.186 e. The molecule has 0 saturated heterocycles. The molecule has 0 spiro atoms. The Morgan fingerprint density at radius 2 is 2.11 bits per heavy atom. The second-order valence-corrected chi connectivity index (χ2v) is 4.21. The quantitative estimate of drug-likeness (QED) is 0.919. The number of hydrogen-bond acceptors (Lipinski definition) is 4. The average molecular weight is 261 g/mol. The van der Waals surface area contributed by atoms with Crippen LogP contribution < -0.4 is 10.5 Å². The van der Waals surface area contributed by atoms with E-state index in [9.17, 15) is 4.39 Å². The fraction of sp³-hybridized carbons (Fsp3) is 0.286. The summed E-state index contributed by atoms with van der Waals surface area (Å²) >= 11 is 0. The van der Waals surface area contributed by atoms with E-state index in [0.29, 0.717) is 12.4 Å². The molecule has 0 bridgehead atoms. The van der Waals surface area contributed by atoms with Gasteiger partial charge in [-0.15, -0.1) is 0 Å². The molecule has 2 aromatic rings. The van der Waals surface area contributed by atoms with Crippen LogP contribution in [0, 0.1) is 12.7 Å². The number of nitrogen functional groups attached to an aromatic ring is 1. The van der Waals surface area contributed by atoms with Gasteiger partial charge in [0, 0.05) is 5.56 Å². The maximum atomic E-state index is 13.4. The van der Waals surface area contributed by atoms with Gasteiger partial charge in [0.2, 0.25) is 0 Å². The van der Waals surface area contributed by atoms with Gasteiger partial charge >= 0.3 is 0 Å². The highest BCUT2D eigenvalue weighted by Gasteiger charge is 2.10. The Morgan fingerprint density at radius 3 is 2.79 bits per heavy atom. The first-order chi connectivity index (χ1) is 9.11. The van der Waals surface area contributed by atoms with Crippen LogP contribution in [0.4, 0.5) is 10.2 Å². The van der Waals surface area contributed by atoms with Crippen molar-refractivity contribution in [1.29, 1.82) is 0 Å². The first kappa shape index (κ1) is 13.3. The fourth-order valence-electron chi connectivity index (χ4n) is 1.66. The summed E-state index contributed by atoms with van der Waals surface area (Å²) in [6.45, 7) is 4.25. The normalized spacial score (nSPS) is 10.5. The molecule has 0 radical (unpaired) electrons. The van der Waals surface area contributed by atoms with Gasteiger partial charge in [-0.2, -0.15) is 0 Å². The Labute approximate surface area is 111 Å². The summed E-state index contributed by atoms with van der Waals surface area (Å²) in [6, 6.07) is 7.37. The van der Waals surface area contributed by atoms with E-state index >= 15 is 0 Å². The molecule has 5 heteroatoms. The summed E-state index contributed by atoms with van der Waals surface area (Å²) in [5, 5.41) is 0. The number of aryl methyl sites for hydroxylation is 1. The van der Waals surface area contributed by atoms with Crippen LogP contribution in [0.3, 0.4) is 0 Å². The van der Waals surface area contributed by atoms with E-state index in [0.717, 1.165) is 17.7 Å². The highest BCUT2D eigenvalue weighted by molar-refractivity contribution is 5.59. The van der Waals surface area contributed by atoms with Crippen molar-refractivity contribution in [3.63, 3.8) is 0 Å². The minimum Gasteiger partial charge on any atom is -0.494 e. The number of nitrogens with zero attached hydrogens (tertiary/aromatic N) is 2. The zero-order valence-electron chi connectivity index (χ0n) is 11.0. The van der Waals surface area contributed by atoms with Crippen LogP contribution in [0.2, 0.25) is 0 Å². The number of anilines is 1. The second-order valence-electron chi connectivity index (χ2n) is 4.21. The lowest BCUT2D eigenvalue weighted by Crippen LogP contribution is -2.03. The third kappa shape index (κ3) is 2.99. The van der Waals surface area contributed by atoms with E-state index < -0.39 is 5.82 Å². The molecule has 1 heterocycles. The monoisotopic (exact) mass is 261 g/mol. The van der Waals surface area contributed by atoms with Gasteiger partial charge in [0.25, 0.3) is 0 Å². The van der Waals surface area contributed by atoms with Gasteiger partial charge < -0.3 is 10.5 Å². The molecule has 0 unspecified atom stereocenters. The third-order valence-electron chi connectivity index (χ3n) is 2.61. The van der Waals surface area contributed by atoms with Crippen LogP contribution in [0.1, 0.15) is 19.0 Å². The van der Waals surface area contributed by atoms with Crippen molar-refractivity contribution in [3.05, 3.63) is 35.8 Å². The number of rotatable bonds is 4. The number of nitrogens with two attached hydrogens (primary N) is 1. The zero-order valence-corrected chi connectivity index (χ0v) is 11.0. The Kier molecular flexibility index (Phi) is 3.94. The summed E-state index contributed by atoms with van der Waals surface area (Å²) in [6.07, 6.45) is 0.934. The molecule has 4 nitrogen and oxygen atoms in total. The number of aromatic nitrogens is 2. The van der Waals surface area contributed by atoms with Gasteiger partial charge in [0.05, 0.1) is 12.3 Å². The molecular formula is C14H16FN3O. The van der Waals surface area contributed by atoms with Crippen LogP contribution in [0.5, 0.6) is 5.75 Å². The summed E-state index contributed by atoms with van der Waals surface area (Å²) < 4.78 is 18.9. The molecule has 0 aliphatic carbocycles. The van der Waals surface area contributed by atoms with Crippen molar-refractivity contribution >= 4 is 5.82 Å². The average Bonchev–Trinajstić information content (AvgIpc) is 2.42. The summed E-state index contributed by atoms with van der Waals surface area (Å²) in [7, 11) is 0. The number of benzene rings is 1. The molecule has 0 fully saturated rings. The first-order valence-electron chi connectivity index (χ1n) is 6.14. The predicted molar refractivity (Wildman–Crippen MR) is 72.4 cm³/mol. The largest absolute Gasteiger partial charge is 0.494 e. The topological polar surface area (TPSA) is 61.0 Å².